The van der Waals surface area contributed by atoms with Crippen LogP contribution >= 0.6 is 0 Å². The first-order chi connectivity index (χ1) is 10.5. The van der Waals surface area contributed by atoms with Crippen molar-refractivity contribution in [2.75, 3.05) is 14.2 Å². The highest BCUT2D eigenvalue weighted by atomic mass is 16.5. The number of nitrogens with one attached hydrogen (secondary N) is 1. The van der Waals surface area contributed by atoms with Gasteiger partial charge < -0.3 is 14.8 Å². The Labute approximate surface area is 128 Å². The lowest BCUT2D eigenvalue weighted by atomic mass is 10.2. The summed E-state index contributed by atoms with van der Waals surface area (Å²) in [6.07, 6.45) is 0. The fourth-order valence-electron chi connectivity index (χ4n) is 1.90. The van der Waals surface area contributed by atoms with E-state index in [1.165, 1.54) is 4.80 Å². The van der Waals surface area contributed by atoms with E-state index < -0.39 is 0 Å². The summed E-state index contributed by atoms with van der Waals surface area (Å²) < 4.78 is 10.4. The SMILES string of the molecule is COc1ccc(-c2nnn(CC(=O)NC(C)C)n2)cc1OC. The lowest BCUT2D eigenvalue weighted by molar-refractivity contribution is -0.122. The molecular weight excluding hydrogens is 286 g/mol. The number of ether oxygens (including phenoxy) is 2. The van der Waals surface area contributed by atoms with Crippen molar-refractivity contribution in [2.45, 2.75) is 26.4 Å². The highest BCUT2D eigenvalue weighted by molar-refractivity contribution is 5.75. The Morgan fingerprint density at radius 2 is 2.00 bits per heavy atom. The summed E-state index contributed by atoms with van der Waals surface area (Å²) in [5, 5.41) is 14.8. The predicted octanol–water partition coefficient (Wildman–Crippen LogP) is 0.882. The third kappa shape index (κ3) is 3.72. The van der Waals surface area contributed by atoms with Crippen molar-refractivity contribution in [1.29, 1.82) is 0 Å². The summed E-state index contributed by atoms with van der Waals surface area (Å²) in [6.45, 7) is 3.81. The van der Waals surface area contributed by atoms with Crippen molar-refractivity contribution in [3.05, 3.63) is 18.2 Å². The van der Waals surface area contributed by atoms with E-state index in [0.717, 1.165) is 5.56 Å². The summed E-state index contributed by atoms with van der Waals surface area (Å²) in [5.41, 5.74) is 0.730. The van der Waals surface area contributed by atoms with E-state index in [0.29, 0.717) is 17.3 Å². The van der Waals surface area contributed by atoms with Gasteiger partial charge in [-0.05, 0) is 37.3 Å². The van der Waals surface area contributed by atoms with Crippen molar-refractivity contribution in [2.24, 2.45) is 0 Å². The highest BCUT2D eigenvalue weighted by Gasteiger charge is 2.12. The monoisotopic (exact) mass is 305 g/mol. The zero-order chi connectivity index (χ0) is 16.1. The third-order valence-electron chi connectivity index (χ3n) is 2.83. The van der Waals surface area contributed by atoms with E-state index in [2.05, 4.69) is 20.7 Å². The first kappa shape index (κ1) is 15.7. The summed E-state index contributed by atoms with van der Waals surface area (Å²) in [6, 6.07) is 5.40. The van der Waals surface area contributed by atoms with Gasteiger partial charge >= 0.3 is 0 Å². The van der Waals surface area contributed by atoms with Crippen LogP contribution in [0.1, 0.15) is 13.8 Å². The Kier molecular flexibility index (Phi) is 4.92. The number of nitrogens with zero attached hydrogens (tertiary/aromatic N) is 4. The van der Waals surface area contributed by atoms with Gasteiger partial charge in [0.1, 0.15) is 6.54 Å². The zero-order valence-electron chi connectivity index (χ0n) is 13.0. The Morgan fingerprint density at radius 3 is 2.64 bits per heavy atom. The molecule has 1 aromatic heterocycles. The largest absolute Gasteiger partial charge is 0.493 e. The number of hydrogen-bond donors (Lipinski definition) is 1. The molecule has 0 saturated carbocycles. The van der Waals surface area contributed by atoms with Crippen LogP contribution in [0.3, 0.4) is 0 Å². The molecule has 0 aliphatic carbocycles. The quantitative estimate of drug-likeness (QED) is 0.852. The fraction of sp³-hybridized carbons (Fsp3) is 0.429. The molecule has 0 aliphatic heterocycles. The molecule has 118 valence electrons. The number of rotatable bonds is 6. The van der Waals surface area contributed by atoms with Crippen LogP contribution < -0.4 is 14.8 Å². The molecule has 1 N–H and O–H groups in total. The molecular formula is C14H19N5O3. The van der Waals surface area contributed by atoms with E-state index in [1.54, 1.807) is 32.4 Å². The lowest BCUT2D eigenvalue weighted by Gasteiger charge is -2.07. The summed E-state index contributed by atoms with van der Waals surface area (Å²) in [7, 11) is 3.13. The van der Waals surface area contributed by atoms with Crippen LogP contribution in [-0.2, 0) is 11.3 Å². The van der Waals surface area contributed by atoms with Crippen molar-refractivity contribution >= 4 is 5.91 Å². The Balaban J connectivity index is 2.16. The number of tetrazole rings is 1. The Hall–Kier alpha value is -2.64. The number of hydrogen-bond acceptors (Lipinski definition) is 6. The van der Waals surface area contributed by atoms with Gasteiger partial charge in [0.2, 0.25) is 11.7 Å². The molecule has 2 rings (SSSR count). The van der Waals surface area contributed by atoms with Crippen LogP contribution in [0.25, 0.3) is 11.4 Å². The fourth-order valence-corrected chi connectivity index (χ4v) is 1.90. The van der Waals surface area contributed by atoms with Gasteiger partial charge in [-0.15, -0.1) is 10.2 Å². The first-order valence-electron chi connectivity index (χ1n) is 6.83. The number of amides is 1. The minimum atomic E-state index is -0.161. The lowest BCUT2D eigenvalue weighted by Crippen LogP contribution is -2.33. The molecule has 0 fully saturated rings. The van der Waals surface area contributed by atoms with E-state index in [4.69, 9.17) is 9.47 Å². The van der Waals surface area contributed by atoms with Crippen molar-refractivity contribution < 1.29 is 14.3 Å². The molecule has 22 heavy (non-hydrogen) atoms. The van der Waals surface area contributed by atoms with E-state index in [1.807, 2.05) is 13.8 Å². The maximum atomic E-state index is 11.7. The molecule has 0 bridgehead atoms. The molecule has 0 atom stereocenters. The molecule has 0 unspecified atom stereocenters. The average molecular weight is 305 g/mol. The normalized spacial score (nSPS) is 10.6. The topological polar surface area (TPSA) is 91.2 Å². The maximum absolute atomic E-state index is 11.7. The average Bonchev–Trinajstić information content (AvgIpc) is 2.93. The van der Waals surface area contributed by atoms with Gasteiger partial charge in [-0.3, -0.25) is 4.79 Å². The molecule has 1 amide bonds. The van der Waals surface area contributed by atoms with Crippen LogP contribution in [0.2, 0.25) is 0 Å². The Morgan fingerprint density at radius 1 is 1.27 bits per heavy atom. The Bertz CT molecular complexity index is 654. The summed E-state index contributed by atoms with van der Waals surface area (Å²) in [4.78, 5) is 12.9. The predicted molar refractivity (Wildman–Crippen MR) is 79.6 cm³/mol. The summed E-state index contributed by atoms with van der Waals surface area (Å²) >= 11 is 0. The van der Waals surface area contributed by atoms with Gasteiger partial charge in [0.05, 0.1) is 14.2 Å². The van der Waals surface area contributed by atoms with Crippen LogP contribution in [0.5, 0.6) is 11.5 Å². The first-order valence-corrected chi connectivity index (χ1v) is 6.83. The highest BCUT2D eigenvalue weighted by Crippen LogP contribution is 2.30. The van der Waals surface area contributed by atoms with Crippen molar-refractivity contribution in [3.8, 4) is 22.9 Å². The molecule has 8 heteroatoms. The number of carbonyl (C=O) groups excluding carboxylic acids is 1. The molecule has 0 aliphatic rings. The van der Waals surface area contributed by atoms with Gasteiger partial charge in [-0.25, -0.2) is 0 Å². The second-order valence-electron chi connectivity index (χ2n) is 4.94. The molecule has 0 radical (unpaired) electrons. The standard InChI is InChI=1S/C14H19N5O3/c1-9(2)15-13(20)8-19-17-14(16-18-19)10-5-6-11(21-3)12(7-10)22-4/h5-7,9H,8H2,1-4H3,(H,15,20). The van der Waals surface area contributed by atoms with Gasteiger partial charge in [0, 0.05) is 11.6 Å². The smallest absolute Gasteiger partial charge is 0.243 e. The van der Waals surface area contributed by atoms with Crippen LogP contribution in [0.15, 0.2) is 18.2 Å². The molecule has 0 spiro atoms. The van der Waals surface area contributed by atoms with Crippen molar-refractivity contribution in [1.82, 2.24) is 25.5 Å². The van der Waals surface area contributed by atoms with Gasteiger partial charge in [-0.2, -0.15) is 4.80 Å². The van der Waals surface area contributed by atoms with Crippen LogP contribution in [-0.4, -0.2) is 46.4 Å². The number of carbonyl (C=O) groups is 1. The molecule has 2 aromatic rings. The van der Waals surface area contributed by atoms with Crippen LogP contribution in [0.4, 0.5) is 0 Å². The van der Waals surface area contributed by atoms with E-state index in [-0.39, 0.29) is 18.5 Å². The number of aromatic nitrogens is 4. The number of methoxy groups -OCH3 is 2. The molecule has 0 saturated heterocycles. The molecule has 1 heterocycles. The minimum Gasteiger partial charge on any atom is -0.493 e. The molecule has 8 nitrogen and oxygen atoms in total. The second-order valence-corrected chi connectivity index (χ2v) is 4.94. The van der Waals surface area contributed by atoms with Gasteiger partial charge in [0.15, 0.2) is 11.5 Å². The van der Waals surface area contributed by atoms with Gasteiger partial charge in [0.25, 0.3) is 0 Å². The zero-order valence-corrected chi connectivity index (χ0v) is 13.0. The maximum Gasteiger partial charge on any atom is 0.243 e. The van der Waals surface area contributed by atoms with E-state index in [9.17, 15) is 4.79 Å². The third-order valence-corrected chi connectivity index (χ3v) is 2.83. The second kappa shape index (κ2) is 6.88. The summed E-state index contributed by atoms with van der Waals surface area (Å²) in [5.74, 6) is 1.45. The molecule has 1 aromatic carbocycles. The number of benzene rings is 1. The van der Waals surface area contributed by atoms with Gasteiger partial charge in [-0.1, -0.05) is 0 Å². The van der Waals surface area contributed by atoms with Crippen LogP contribution in [0, 0.1) is 0 Å². The van der Waals surface area contributed by atoms with E-state index >= 15 is 0 Å². The van der Waals surface area contributed by atoms with Crippen molar-refractivity contribution in [3.63, 3.8) is 0 Å². The minimum absolute atomic E-state index is 0.0263.